The lowest BCUT2D eigenvalue weighted by molar-refractivity contribution is 0.277. The first-order valence-corrected chi connectivity index (χ1v) is 6.34. The highest BCUT2D eigenvalue weighted by atomic mass is 15.3. The van der Waals surface area contributed by atoms with Crippen molar-refractivity contribution in [2.45, 2.75) is 26.3 Å². The van der Waals surface area contributed by atoms with Crippen molar-refractivity contribution in [1.29, 1.82) is 0 Å². The van der Waals surface area contributed by atoms with E-state index in [9.17, 15) is 0 Å². The summed E-state index contributed by atoms with van der Waals surface area (Å²) in [6.07, 6.45) is 2.45. The molecule has 0 bridgehead atoms. The van der Waals surface area contributed by atoms with Gasteiger partial charge >= 0.3 is 0 Å². The van der Waals surface area contributed by atoms with Gasteiger partial charge in [-0.05, 0) is 24.3 Å². The molecule has 17 heavy (non-hydrogen) atoms. The average Bonchev–Trinajstić information content (AvgIpc) is 2.38. The molecule has 3 heteroatoms. The second-order valence-electron chi connectivity index (χ2n) is 4.83. The fraction of sp³-hybridized carbons (Fsp3) is 0.500. The summed E-state index contributed by atoms with van der Waals surface area (Å²) in [5.41, 5.74) is 7.23. The number of guanidine groups is 1. The van der Waals surface area contributed by atoms with E-state index in [0.717, 1.165) is 19.0 Å². The first-order chi connectivity index (χ1) is 8.25. The van der Waals surface area contributed by atoms with Gasteiger partial charge in [0.1, 0.15) is 0 Å². The number of piperidine rings is 1. The van der Waals surface area contributed by atoms with Crippen molar-refractivity contribution < 1.29 is 0 Å². The number of aliphatic imine (C=N–C) groups is 1. The van der Waals surface area contributed by atoms with E-state index in [1.54, 1.807) is 0 Å². The van der Waals surface area contributed by atoms with Crippen LogP contribution in [0.1, 0.15) is 25.3 Å². The van der Waals surface area contributed by atoms with Crippen molar-refractivity contribution in [2.75, 3.05) is 13.1 Å². The lowest BCUT2D eigenvalue weighted by Gasteiger charge is -2.31. The van der Waals surface area contributed by atoms with Crippen LogP contribution in [0.25, 0.3) is 0 Å². The van der Waals surface area contributed by atoms with E-state index in [2.05, 4.69) is 28.9 Å². The lowest BCUT2D eigenvalue weighted by atomic mass is 10.00. The van der Waals surface area contributed by atoms with E-state index in [0.29, 0.717) is 12.5 Å². The van der Waals surface area contributed by atoms with Crippen LogP contribution in [0.2, 0.25) is 0 Å². The molecule has 2 rings (SSSR count). The zero-order valence-electron chi connectivity index (χ0n) is 10.5. The van der Waals surface area contributed by atoms with Crippen LogP contribution in [0.15, 0.2) is 35.3 Å². The van der Waals surface area contributed by atoms with Gasteiger partial charge in [0, 0.05) is 13.1 Å². The van der Waals surface area contributed by atoms with E-state index in [1.807, 2.05) is 18.2 Å². The zero-order valence-corrected chi connectivity index (χ0v) is 10.5. The van der Waals surface area contributed by atoms with Gasteiger partial charge in [-0.15, -0.1) is 0 Å². The molecule has 0 aliphatic carbocycles. The molecule has 0 spiro atoms. The molecule has 1 aromatic rings. The van der Waals surface area contributed by atoms with Gasteiger partial charge in [0.25, 0.3) is 0 Å². The van der Waals surface area contributed by atoms with Crippen LogP contribution in [0.3, 0.4) is 0 Å². The summed E-state index contributed by atoms with van der Waals surface area (Å²) in [7, 11) is 0. The van der Waals surface area contributed by atoms with Gasteiger partial charge in [0.2, 0.25) is 0 Å². The maximum atomic E-state index is 6.02. The highest BCUT2D eigenvalue weighted by Crippen LogP contribution is 2.15. The molecule has 1 aliphatic heterocycles. The lowest BCUT2D eigenvalue weighted by Crippen LogP contribution is -2.42. The summed E-state index contributed by atoms with van der Waals surface area (Å²) in [5, 5.41) is 0. The third-order valence-electron chi connectivity index (χ3n) is 3.37. The van der Waals surface area contributed by atoms with E-state index in [1.165, 1.54) is 18.4 Å². The van der Waals surface area contributed by atoms with E-state index in [-0.39, 0.29) is 0 Å². The Bertz CT molecular complexity index is 364. The molecule has 1 aromatic carbocycles. The predicted molar refractivity (Wildman–Crippen MR) is 71.7 cm³/mol. The van der Waals surface area contributed by atoms with Crippen LogP contribution in [0.5, 0.6) is 0 Å². The Morgan fingerprint density at radius 3 is 2.59 bits per heavy atom. The molecular weight excluding hydrogens is 210 g/mol. The van der Waals surface area contributed by atoms with Gasteiger partial charge in [-0.2, -0.15) is 0 Å². The van der Waals surface area contributed by atoms with Gasteiger partial charge in [0.05, 0.1) is 6.54 Å². The molecule has 1 fully saturated rings. The number of benzene rings is 1. The van der Waals surface area contributed by atoms with Crippen LogP contribution in [0, 0.1) is 5.92 Å². The van der Waals surface area contributed by atoms with E-state index >= 15 is 0 Å². The Labute approximate surface area is 103 Å². The van der Waals surface area contributed by atoms with Crippen LogP contribution >= 0.6 is 0 Å². The number of likely N-dealkylation sites (tertiary alicyclic amines) is 1. The van der Waals surface area contributed by atoms with Crippen LogP contribution in [-0.4, -0.2) is 23.9 Å². The molecule has 3 nitrogen and oxygen atoms in total. The smallest absolute Gasteiger partial charge is 0.191 e. The SMILES string of the molecule is CC1CCN(C(N)=NCc2ccccc2)CC1. The van der Waals surface area contributed by atoms with Crippen LogP contribution in [0.4, 0.5) is 0 Å². The summed E-state index contributed by atoms with van der Waals surface area (Å²) in [6, 6.07) is 10.2. The van der Waals surface area contributed by atoms with Crippen LogP contribution in [-0.2, 0) is 6.54 Å². The van der Waals surface area contributed by atoms with Crippen molar-refractivity contribution in [3.05, 3.63) is 35.9 Å². The highest BCUT2D eigenvalue weighted by molar-refractivity contribution is 5.78. The third kappa shape index (κ3) is 3.48. The molecule has 1 aliphatic rings. The van der Waals surface area contributed by atoms with Crippen LogP contribution < -0.4 is 5.73 Å². The largest absolute Gasteiger partial charge is 0.370 e. The van der Waals surface area contributed by atoms with Gasteiger partial charge in [-0.3, -0.25) is 0 Å². The normalized spacial score (nSPS) is 18.4. The minimum atomic E-state index is 0.679. The minimum absolute atomic E-state index is 0.679. The first-order valence-electron chi connectivity index (χ1n) is 6.34. The topological polar surface area (TPSA) is 41.6 Å². The van der Waals surface area contributed by atoms with Crippen molar-refractivity contribution in [1.82, 2.24) is 4.90 Å². The summed E-state index contributed by atoms with van der Waals surface area (Å²) in [5.74, 6) is 1.52. The molecule has 92 valence electrons. The fourth-order valence-corrected chi connectivity index (χ4v) is 2.09. The number of hydrogen-bond donors (Lipinski definition) is 1. The first kappa shape index (κ1) is 12.0. The monoisotopic (exact) mass is 231 g/mol. The molecule has 0 aromatic heterocycles. The standard InChI is InChI=1S/C14H21N3/c1-12-7-9-17(10-8-12)14(15)16-11-13-5-3-2-4-6-13/h2-6,12H,7-11H2,1H3,(H2,15,16). The number of nitrogens with zero attached hydrogens (tertiary/aromatic N) is 2. The molecule has 0 amide bonds. The Balaban J connectivity index is 1.89. The molecule has 2 N–H and O–H groups in total. The fourth-order valence-electron chi connectivity index (χ4n) is 2.09. The van der Waals surface area contributed by atoms with Crippen molar-refractivity contribution >= 4 is 5.96 Å². The van der Waals surface area contributed by atoms with Crippen molar-refractivity contribution in [3.8, 4) is 0 Å². The second-order valence-corrected chi connectivity index (χ2v) is 4.83. The molecule has 0 saturated carbocycles. The Hall–Kier alpha value is -1.51. The number of hydrogen-bond acceptors (Lipinski definition) is 1. The Kier molecular flexibility index (Phi) is 4.02. The van der Waals surface area contributed by atoms with E-state index in [4.69, 9.17) is 5.73 Å². The molecule has 1 saturated heterocycles. The number of nitrogens with two attached hydrogens (primary N) is 1. The molecule has 0 radical (unpaired) electrons. The van der Waals surface area contributed by atoms with Gasteiger partial charge in [0.15, 0.2) is 5.96 Å². The van der Waals surface area contributed by atoms with Gasteiger partial charge in [-0.25, -0.2) is 4.99 Å². The summed E-state index contributed by atoms with van der Waals surface area (Å²) in [4.78, 5) is 6.66. The highest BCUT2D eigenvalue weighted by Gasteiger charge is 2.16. The molecule has 0 atom stereocenters. The Morgan fingerprint density at radius 1 is 1.29 bits per heavy atom. The molecule has 1 heterocycles. The predicted octanol–water partition coefficient (Wildman–Crippen LogP) is 2.23. The minimum Gasteiger partial charge on any atom is -0.370 e. The number of rotatable bonds is 2. The average molecular weight is 231 g/mol. The maximum absolute atomic E-state index is 6.02. The van der Waals surface area contributed by atoms with Crippen molar-refractivity contribution in [2.24, 2.45) is 16.6 Å². The maximum Gasteiger partial charge on any atom is 0.191 e. The summed E-state index contributed by atoms with van der Waals surface area (Å²) >= 11 is 0. The summed E-state index contributed by atoms with van der Waals surface area (Å²) in [6.45, 7) is 5.07. The zero-order chi connectivity index (χ0) is 12.1. The Morgan fingerprint density at radius 2 is 1.94 bits per heavy atom. The van der Waals surface area contributed by atoms with Crippen molar-refractivity contribution in [3.63, 3.8) is 0 Å². The molecular formula is C14H21N3. The van der Waals surface area contributed by atoms with Gasteiger partial charge in [-0.1, -0.05) is 37.3 Å². The second kappa shape index (κ2) is 5.71. The van der Waals surface area contributed by atoms with Gasteiger partial charge < -0.3 is 10.6 Å². The summed E-state index contributed by atoms with van der Waals surface area (Å²) < 4.78 is 0. The third-order valence-corrected chi connectivity index (χ3v) is 3.37. The molecule has 0 unspecified atom stereocenters. The van der Waals surface area contributed by atoms with E-state index < -0.39 is 0 Å². The quantitative estimate of drug-likeness (QED) is 0.626.